The largest absolute Gasteiger partial charge is 0.452 e. The van der Waals surface area contributed by atoms with E-state index in [2.05, 4.69) is 5.32 Å². The summed E-state index contributed by atoms with van der Waals surface area (Å²) in [5, 5.41) is 3.16. The van der Waals surface area contributed by atoms with Crippen molar-refractivity contribution >= 4 is 39.2 Å². The Morgan fingerprint density at radius 2 is 1.72 bits per heavy atom. The normalized spacial score (nSPS) is 19.4. The number of sulfonamides is 1. The quantitative estimate of drug-likeness (QED) is 0.630. The fourth-order valence-electron chi connectivity index (χ4n) is 3.86. The van der Waals surface area contributed by atoms with Gasteiger partial charge in [0.25, 0.3) is 5.91 Å². The predicted molar refractivity (Wildman–Crippen MR) is 123 cm³/mol. The Hall–Kier alpha value is -2.42. The molecule has 3 rings (SSSR count). The van der Waals surface area contributed by atoms with Crippen molar-refractivity contribution in [3.05, 3.63) is 58.6 Å². The molecule has 1 amide bonds. The summed E-state index contributed by atoms with van der Waals surface area (Å²) in [4.78, 5) is 24.5. The molecule has 172 valence electrons. The van der Waals surface area contributed by atoms with E-state index in [9.17, 15) is 18.0 Å². The van der Waals surface area contributed by atoms with Gasteiger partial charge in [-0.1, -0.05) is 31.5 Å². The number of hydrogen-bond acceptors (Lipinski definition) is 5. The maximum absolute atomic E-state index is 12.9. The minimum atomic E-state index is -3.63. The molecule has 0 aliphatic carbocycles. The fourth-order valence-corrected chi connectivity index (χ4v) is 5.71. The van der Waals surface area contributed by atoms with Crippen molar-refractivity contribution in [1.82, 2.24) is 4.31 Å². The third-order valence-corrected chi connectivity index (χ3v) is 7.69. The summed E-state index contributed by atoms with van der Waals surface area (Å²) in [7, 11) is -3.63. The summed E-state index contributed by atoms with van der Waals surface area (Å²) in [6, 6.07) is 10.7. The van der Waals surface area contributed by atoms with Gasteiger partial charge in [-0.2, -0.15) is 4.31 Å². The molecule has 32 heavy (non-hydrogen) atoms. The molecule has 2 aromatic carbocycles. The highest BCUT2D eigenvalue weighted by Crippen LogP contribution is 2.27. The number of hydrogen-bond donors (Lipinski definition) is 1. The average molecular weight is 479 g/mol. The molecule has 1 N–H and O–H groups in total. The minimum Gasteiger partial charge on any atom is -0.452 e. The zero-order valence-corrected chi connectivity index (χ0v) is 19.9. The monoisotopic (exact) mass is 478 g/mol. The second-order valence-corrected chi connectivity index (χ2v) is 10.7. The van der Waals surface area contributed by atoms with Crippen LogP contribution in [0.3, 0.4) is 0 Å². The molecule has 1 fully saturated rings. The Kier molecular flexibility index (Phi) is 7.59. The third kappa shape index (κ3) is 5.68. The van der Waals surface area contributed by atoms with Crippen LogP contribution in [0.15, 0.2) is 47.4 Å². The van der Waals surface area contributed by atoms with Crippen molar-refractivity contribution in [3.63, 3.8) is 0 Å². The number of halogens is 1. The van der Waals surface area contributed by atoms with Crippen LogP contribution in [-0.4, -0.2) is 44.3 Å². The second-order valence-electron chi connectivity index (χ2n) is 8.33. The van der Waals surface area contributed by atoms with Crippen LogP contribution in [0.2, 0.25) is 5.02 Å². The maximum atomic E-state index is 12.9. The first-order chi connectivity index (χ1) is 15.1. The topological polar surface area (TPSA) is 92.8 Å². The number of nitrogens with zero attached hydrogens (tertiary/aromatic N) is 1. The van der Waals surface area contributed by atoms with Gasteiger partial charge in [-0.25, -0.2) is 13.2 Å². The van der Waals surface area contributed by atoms with Gasteiger partial charge in [0.2, 0.25) is 10.0 Å². The lowest BCUT2D eigenvalue weighted by atomic mass is 9.94. The lowest BCUT2D eigenvalue weighted by Crippen LogP contribution is -2.42. The van der Waals surface area contributed by atoms with Crippen molar-refractivity contribution in [2.24, 2.45) is 11.8 Å². The van der Waals surface area contributed by atoms with E-state index in [0.717, 1.165) is 6.42 Å². The molecule has 1 saturated heterocycles. The van der Waals surface area contributed by atoms with Gasteiger partial charge in [0.1, 0.15) is 0 Å². The molecule has 0 radical (unpaired) electrons. The Balaban J connectivity index is 1.60. The average Bonchev–Trinajstić information content (AvgIpc) is 2.74. The summed E-state index contributed by atoms with van der Waals surface area (Å²) in [5.41, 5.74) is 1.41. The van der Waals surface area contributed by atoms with Crippen molar-refractivity contribution in [1.29, 1.82) is 0 Å². The first kappa shape index (κ1) is 24.2. The molecule has 9 heteroatoms. The van der Waals surface area contributed by atoms with E-state index in [1.165, 1.54) is 28.6 Å². The van der Waals surface area contributed by atoms with E-state index in [-0.39, 0.29) is 10.5 Å². The Labute approximate surface area is 193 Å². The number of esters is 1. The van der Waals surface area contributed by atoms with Crippen LogP contribution in [0.25, 0.3) is 0 Å². The number of amides is 1. The van der Waals surface area contributed by atoms with Crippen LogP contribution in [0, 0.1) is 18.8 Å². The summed E-state index contributed by atoms with van der Waals surface area (Å²) in [5.74, 6) is -0.627. The smallest absolute Gasteiger partial charge is 0.338 e. The Bertz CT molecular complexity index is 1090. The molecule has 1 heterocycles. The van der Waals surface area contributed by atoms with E-state index in [0.29, 0.717) is 41.2 Å². The van der Waals surface area contributed by atoms with Crippen LogP contribution < -0.4 is 5.32 Å². The van der Waals surface area contributed by atoms with Crippen molar-refractivity contribution in [3.8, 4) is 0 Å². The van der Waals surface area contributed by atoms with Gasteiger partial charge >= 0.3 is 5.97 Å². The number of carbonyl (C=O) groups excluding carboxylic acids is 2. The van der Waals surface area contributed by atoms with Gasteiger partial charge in [-0.3, -0.25) is 4.79 Å². The van der Waals surface area contributed by atoms with Crippen molar-refractivity contribution in [2.45, 2.75) is 32.1 Å². The minimum absolute atomic E-state index is 0.129. The number of carbonyl (C=O) groups is 2. The van der Waals surface area contributed by atoms with Gasteiger partial charge in [0.15, 0.2) is 6.61 Å². The number of piperidine rings is 1. The van der Waals surface area contributed by atoms with E-state index in [1.54, 1.807) is 25.1 Å². The highest BCUT2D eigenvalue weighted by molar-refractivity contribution is 7.89. The highest BCUT2D eigenvalue weighted by atomic mass is 35.5. The number of rotatable bonds is 6. The molecular formula is C23H27ClN2O5S. The van der Waals surface area contributed by atoms with Gasteiger partial charge in [-0.15, -0.1) is 0 Å². The molecular weight excluding hydrogens is 452 g/mol. The van der Waals surface area contributed by atoms with Crippen LogP contribution in [0.5, 0.6) is 0 Å². The summed E-state index contributed by atoms with van der Waals surface area (Å²) >= 11 is 6.03. The molecule has 0 saturated carbocycles. The summed E-state index contributed by atoms with van der Waals surface area (Å²) in [6.07, 6.45) is 1.00. The molecule has 7 nitrogen and oxygen atoms in total. The van der Waals surface area contributed by atoms with Crippen molar-refractivity contribution < 1.29 is 22.7 Å². The lowest BCUT2D eigenvalue weighted by molar-refractivity contribution is -0.119. The van der Waals surface area contributed by atoms with E-state index < -0.39 is 28.5 Å². The van der Waals surface area contributed by atoms with Crippen LogP contribution in [-0.2, 0) is 19.6 Å². The summed E-state index contributed by atoms with van der Waals surface area (Å²) in [6.45, 7) is 6.34. The Morgan fingerprint density at radius 3 is 2.34 bits per heavy atom. The van der Waals surface area contributed by atoms with E-state index in [4.69, 9.17) is 16.3 Å². The molecule has 0 spiro atoms. The molecule has 2 atom stereocenters. The van der Waals surface area contributed by atoms with Gasteiger partial charge in [0, 0.05) is 23.8 Å². The predicted octanol–water partition coefficient (Wildman–Crippen LogP) is 4.11. The molecule has 0 aromatic heterocycles. The van der Waals surface area contributed by atoms with Crippen LogP contribution >= 0.6 is 11.6 Å². The number of ether oxygens (including phenoxy) is 1. The molecule has 1 aliphatic heterocycles. The SMILES string of the molecule is Cc1c(Cl)cccc1NC(=O)COC(=O)c1ccc(S(=O)(=O)N2C[C@H](C)C[C@H](C)C2)cc1. The first-order valence-corrected chi connectivity index (χ1v) is 12.2. The van der Waals surface area contributed by atoms with Gasteiger partial charge in [-0.05, 0) is 67.1 Å². The fraction of sp³-hybridized carbons (Fsp3) is 0.391. The highest BCUT2D eigenvalue weighted by Gasteiger charge is 2.31. The molecule has 1 aliphatic rings. The second kappa shape index (κ2) is 10.0. The van der Waals surface area contributed by atoms with E-state index in [1.807, 2.05) is 13.8 Å². The van der Waals surface area contributed by atoms with E-state index >= 15 is 0 Å². The number of nitrogens with one attached hydrogen (secondary N) is 1. The van der Waals surface area contributed by atoms with Crippen LogP contribution in [0.4, 0.5) is 5.69 Å². The standard InChI is InChI=1S/C23H27ClN2O5S/c1-15-11-16(2)13-26(12-15)32(29,30)19-9-7-18(8-10-19)23(28)31-14-22(27)25-21-6-4-5-20(24)17(21)3/h4-10,15-16H,11-14H2,1-3H3,(H,25,27)/t15-,16+. The first-order valence-electron chi connectivity index (χ1n) is 10.4. The lowest BCUT2D eigenvalue weighted by Gasteiger charge is -2.34. The van der Waals surface area contributed by atoms with Gasteiger partial charge < -0.3 is 10.1 Å². The maximum Gasteiger partial charge on any atom is 0.338 e. The zero-order chi connectivity index (χ0) is 23.5. The van der Waals surface area contributed by atoms with Crippen molar-refractivity contribution in [2.75, 3.05) is 25.0 Å². The molecule has 0 unspecified atom stereocenters. The molecule has 0 bridgehead atoms. The number of benzene rings is 2. The third-order valence-electron chi connectivity index (χ3n) is 5.44. The molecule has 2 aromatic rings. The van der Waals surface area contributed by atoms with Gasteiger partial charge in [0.05, 0.1) is 10.5 Å². The Morgan fingerprint density at radius 1 is 1.09 bits per heavy atom. The van der Waals surface area contributed by atoms with Crippen LogP contribution in [0.1, 0.15) is 36.2 Å². The number of anilines is 1. The zero-order valence-electron chi connectivity index (χ0n) is 18.3. The summed E-state index contributed by atoms with van der Waals surface area (Å²) < 4.78 is 32.5.